The summed E-state index contributed by atoms with van der Waals surface area (Å²) >= 11 is 1.43. The first-order valence-corrected chi connectivity index (χ1v) is 9.19. The second-order valence-corrected chi connectivity index (χ2v) is 7.27. The van der Waals surface area contributed by atoms with Gasteiger partial charge in [-0.1, -0.05) is 0 Å². The van der Waals surface area contributed by atoms with Crippen LogP contribution in [-0.2, 0) is 9.59 Å². The molecule has 23 heavy (non-hydrogen) atoms. The number of hydrogen-bond acceptors (Lipinski definition) is 5. The number of thiazole rings is 1. The minimum atomic E-state index is -0.208. The molecule has 3 heterocycles. The zero-order valence-electron chi connectivity index (χ0n) is 13.7. The maximum absolute atomic E-state index is 12.5. The number of rotatable bonds is 4. The molecule has 0 aromatic carbocycles. The number of anilines is 1. The summed E-state index contributed by atoms with van der Waals surface area (Å²) in [7, 11) is 0. The van der Waals surface area contributed by atoms with Crippen LogP contribution < -0.4 is 5.32 Å². The number of amides is 2. The van der Waals surface area contributed by atoms with Gasteiger partial charge in [0.15, 0.2) is 5.13 Å². The number of nitrogens with one attached hydrogen (secondary N) is 1. The highest BCUT2D eigenvalue weighted by Gasteiger charge is 2.41. The van der Waals surface area contributed by atoms with E-state index in [9.17, 15) is 9.59 Å². The molecular formula is C16H24N4O2S. The maximum Gasteiger partial charge on any atom is 0.243 e. The number of carbonyl (C=O) groups excluding carboxylic acids is 2. The molecule has 126 valence electrons. The Morgan fingerprint density at radius 2 is 2.04 bits per heavy atom. The molecule has 1 aromatic heterocycles. The monoisotopic (exact) mass is 336 g/mol. The fourth-order valence-electron chi connectivity index (χ4n) is 3.94. The number of likely N-dealkylation sites (tertiary alicyclic amines) is 2. The Kier molecular flexibility index (Phi) is 4.96. The highest BCUT2D eigenvalue weighted by Crippen LogP contribution is 2.31. The Bertz CT molecular complexity index is 562. The first-order valence-electron chi connectivity index (χ1n) is 8.31. The number of carbonyl (C=O) groups is 2. The van der Waals surface area contributed by atoms with Gasteiger partial charge in [-0.15, -0.1) is 11.3 Å². The molecule has 7 heteroatoms. The largest absolute Gasteiger partial charge is 0.338 e. The second kappa shape index (κ2) is 6.97. The van der Waals surface area contributed by atoms with Crippen molar-refractivity contribution in [3.05, 3.63) is 11.6 Å². The molecule has 1 N–H and O–H groups in total. The molecule has 0 saturated carbocycles. The molecule has 0 bridgehead atoms. The van der Waals surface area contributed by atoms with E-state index in [4.69, 9.17) is 0 Å². The summed E-state index contributed by atoms with van der Waals surface area (Å²) in [5.74, 6) is 0.137. The van der Waals surface area contributed by atoms with Crippen molar-refractivity contribution in [2.45, 2.75) is 57.7 Å². The van der Waals surface area contributed by atoms with E-state index >= 15 is 0 Å². The molecule has 0 unspecified atom stereocenters. The molecule has 2 amide bonds. The molecule has 6 nitrogen and oxygen atoms in total. The first kappa shape index (κ1) is 16.4. The fraction of sp³-hybridized carbons (Fsp3) is 0.688. The highest BCUT2D eigenvalue weighted by atomic mass is 32.1. The number of hydrogen-bond donors (Lipinski definition) is 1. The fourth-order valence-corrected chi connectivity index (χ4v) is 4.47. The third kappa shape index (κ3) is 3.40. The van der Waals surface area contributed by atoms with E-state index in [1.165, 1.54) is 11.3 Å². The highest BCUT2D eigenvalue weighted by molar-refractivity contribution is 7.13. The van der Waals surface area contributed by atoms with Crippen molar-refractivity contribution in [1.29, 1.82) is 0 Å². The van der Waals surface area contributed by atoms with Crippen molar-refractivity contribution in [3.8, 4) is 0 Å². The lowest BCUT2D eigenvalue weighted by molar-refractivity contribution is -0.131. The third-order valence-electron chi connectivity index (χ3n) is 5.03. The average Bonchev–Trinajstić information content (AvgIpc) is 3.26. The molecule has 3 atom stereocenters. The average molecular weight is 336 g/mol. The molecule has 0 spiro atoms. The Morgan fingerprint density at radius 3 is 2.74 bits per heavy atom. The smallest absolute Gasteiger partial charge is 0.243 e. The van der Waals surface area contributed by atoms with E-state index in [2.05, 4.69) is 15.2 Å². The van der Waals surface area contributed by atoms with Gasteiger partial charge in [0, 0.05) is 37.1 Å². The Labute approximate surface area is 140 Å². The van der Waals surface area contributed by atoms with E-state index in [0.29, 0.717) is 11.2 Å². The lowest BCUT2D eigenvalue weighted by Gasteiger charge is -2.37. The van der Waals surface area contributed by atoms with Crippen molar-refractivity contribution >= 4 is 28.3 Å². The van der Waals surface area contributed by atoms with Gasteiger partial charge in [-0.05, 0) is 39.2 Å². The SMILES string of the molecule is CC(=O)N1CCC[C@@H]1[C@H]1CCCN1[C@H](C)C(=O)Nc1nccs1. The molecule has 2 fully saturated rings. The van der Waals surface area contributed by atoms with Crippen LogP contribution in [0, 0.1) is 0 Å². The summed E-state index contributed by atoms with van der Waals surface area (Å²) in [5.41, 5.74) is 0. The Hall–Kier alpha value is -1.47. The topological polar surface area (TPSA) is 65.5 Å². The van der Waals surface area contributed by atoms with Gasteiger partial charge in [0.2, 0.25) is 11.8 Å². The molecule has 2 aliphatic heterocycles. The Morgan fingerprint density at radius 1 is 1.30 bits per heavy atom. The van der Waals surface area contributed by atoms with Crippen molar-refractivity contribution in [2.24, 2.45) is 0 Å². The van der Waals surface area contributed by atoms with Crippen molar-refractivity contribution in [2.75, 3.05) is 18.4 Å². The first-order chi connectivity index (χ1) is 11.1. The molecule has 0 aliphatic carbocycles. The Balaban J connectivity index is 1.68. The predicted molar refractivity (Wildman–Crippen MR) is 90.3 cm³/mol. The van der Waals surface area contributed by atoms with Crippen LogP contribution in [0.25, 0.3) is 0 Å². The summed E-state index contributed by atoms with van der Waals surface area (Å²) in [6, 6.07) is 0.337. The van der Waals surface area contributed by atoms with E-state index in [-0.39, 0.29) is 23.9 Å². The van der Waals surface area contributed by atoms with Gasteiger partial charge in [0.1, 0.15) is 0 Å². The van der Waals surface area contributed by atoms with Gasteiger partial charge >= 0.3 is 0 Å². The molecule has 3 rings (SSSR count). The predicted octanol–water partition coefficient (Wildman–Crippen LogP) is 1.95. The van der Waals surface area contributed by atoms with Gasteiger partial charge < -0.3 is 10.2 Å². The normalized spacial score (nSPS) is 26.4. The van der Waals surface area contributed by atoms with Crippen LogP contribution in [0.2, 0.25) is 0 Å². The zero-order chi connectivity index (χ0) is 16.4. The summed E-state index contributed by atoms with van der Waals surface area (Å²) in [5, 5.41) is 5.38. The minimum Gasteiger partial charge on any atom is -0.338 e. The van der Waals surface area contributed by atoms with Crippen LogP contribution in [-0.4, -0.2) is 57.8 Å². The standard InChI is InChI=1S/C16H24N4O2S/c1-11(15(22)18-16-17-7-10-23-16)19-8-3-5-13(19)14-6-4-9-20(14)12(2)21/h7,10-11,13-14H,3-6,8-9H2,1-2H3,(H,17,18,22)/t11-,13-,14-/m1/s1. The second-order valence-electron chi connectivity index (χ2n) is 6.37. The summed E-state index contributed by atoms with van der Waals surface area (Å²) < 4.78 is 0. The van der Waals surface area contributed by atoms with Crippen molar-refractivity contribution in [1.82, 2.24) is 14.8 Å². The lowest BCUT2D eigenvalue weighted by atomic mass is 10.0. The number of aromatic nitrogens is 1. The number of nitrogens with zero attached hydrogens (tertiary/aromatic N) is 3. The van der Waals surface area contributed by atoms with E-state index in [0.717, 1.165) is 38.8 Å². The van der Waals surface area contributed by atoms with E-state index < -0.39 is 0 Å². The van der Waals surface area contributed by atoms with Crippen molar-refractivity contribution in [3.63, 3.8) is 0 Å². The van der Waals surface area contributed by atoms with E-state index in [1.54, 1.807) is 13.1 Å². The third-order valence-corrected chi connectivity index (χ3v) is 5.72. The van der Waals surface area contributed by atoms with Crippen LogP contribution in [0.1, 0.15) is 39.5 Å². The molecule has 1 aromatic rings. The van der Waals surface area contributed by atoms with Crippen LogP contribution in [0.5, 0.6) is 0 Å². The quantitative estimate of drug-likeness (QED) is 0.913. The summed E-state index contributed by atoms with van der Waals surface area (Å²) in [4.78, 5) is 32.7. The van der Waals surface area contributed by atoms with Crippen molar-refractivity contribution < 1.29 is 9.59 Å². The molecular weight excluding hydrogens is 312 g/mol. The summed E-state index contributed by atoms with van der Waals surface area (Å²) in [6.45, 7) is 5.37. The van der Waals surface area contributed by atoms with Crippen LogP contribution in [0.15, 0.2) is 11.6 Å². The maximum atomic E-state index is 12.5. The van der Waals surface area contributed by atoms with Gasteiger partial charge in [0.25, 0.3) is 0 Å². The van der Waals surface area contributed by atoms with Crippen LogP contribution >= 0.6 is 11.3 Å². The van der Waals surface area contributed by atoms with Crippen LogP contribution in [0.3, 0.4) is 0 Å². The summed E-state index contributed by atoms with van der Waals surface area (Å²) in [6.07, 6.45) is 5.94. The van der Waals surface area contributed by atoms with Gasteiger partial charge in [-0.3, -0.25) is 14.5 Å². The van der Waals surface area contributed by atoms with Gasteiger partial charge in [0.05, 0.1) is 6.04 Å². The minimum absolute atomic E-state index is 0.0146. The van der Waals surface area contributed by atoms with E-state index in [1.807, 2.05) is 17.2 Å². The van der Waals surface area contributed by atoms with Gasteiger partial charge in [-0.25, -0.2) is 4.98 Å². The van der Waals surface area contributed by atoms with Gasteiger partial charge in [-0.2, -0.15) is 0 Å². The molecule has 2 aliphatic rings. The van der Waals surface area contributed by atoms with Crippen LogP contribution in [0.4, 0.5) is 5.13 Å². The molecule has 0 radical (unpaired) electrons. The molecule has 2 saturated heterocycles. The zero-order valence-corrected chi connectivity index (χ0v) is 14.5. The lowest BCUT2D eigenvalue weighted by Crippen LogP contribution is -2.53.